The van der Waals surface area contributed by atoms with Crippen LogP contribution in [0.1, 0.15) is 15.9 Å². The van der Waals surface area contributed by atoms with Crippen molar-refractivity contribution in [2.24, 2.45) is 5.73 Å². The van der Waals surface area contributed by atoms with Crippen LogP contribution in [-0.4, -0.2) is 57.6 Å². The van der Waals surface area contributed by atoms with Crippen molar-refractivity contribution in [3.8, 4) is 0 Å². The maximum absolute atomic E-state index is 12.7. The van der Waals surface area contributed by atoms with Crippen molar-refractivity contribution in [1.82, 2.24) is 19.4 Å². The predicted molar refractivity (Wildman–Crippen MR) is 113 cm³/mol. The van der Waals surface area contributed by atoms with E-state index in [0.717, 1.165) is 11.3 Å². The summed E-state index contributed by atoms with van der Waals surface area (Å²) in [5.41, 5.74) is 7.67. The Labute approximate surface area is 174 Å². The van der Waals surface area contributed by atoms with Gasteiger partial charge < -0.3 is 25.4 Å². The van der Waals surface area contributed by atoms with Crippen LogP contribution in [0.2, 0.25) is 0 Å². The van der Waals surface area contributed by atoms with Gasteiger partial charge in [0.05, 0.1) is 11.9 Å². The highest BCUT2D eigenvalue weighted by molar-refractivity contribution is 5.97. The molecular weight excluding hydrogens is 382 g/mol. The lowest BCUT2D eigenvalue weighted by Gasteiger charge is -2.35. The summed E-state index contributed by atoms with van der Waals surface area (Å²) in [6.45, 7) is 2.89. The van der Waals surface area contributed by atoms with Crippen molar-refractivity contribution in [2.75, 3.05) is 36.4 Å². The quantitative estimate of drug-likeness (QED) is 0.672. The zero-order valence-electron chi connectivity index (χ0n) is 16.4. The third kappa shape index (κ3) is 4.40. The first-order valence-corrected chi connectivity index (χ1v) is 9.70. The summed E-state index contributed by atoms with van der Waals surface area (Å²) >= 11 is 0. The third-order valence-corrected chi connectivity index (χ3v) is 5.02. The monoisotopic (exact) mass is 405 g/mol. The van der Waals surface area contributed by atoms with Crippen LogP contribution < -0.4 is 16.0 Å². The summed E-state index contributed by atoms with van der Waals surface area (Å²) in [4.78, 5) is 36.4. The number of anilines is 2. The molecule has 4 rings (SSSR count). The van der Waals surface area contributed by atoms with E-state index in [1.54, 1.807) is 35.8 Å². The highest BCUT2D eigenvalue weighted by Gasteiger charge is 2.24. The molecule has 0 atom stereocenters. The number of benzene rings is 1. The van der Waals surface area contributed by atoms with Crippen molar-refractivity contribution in [3.63, 3.8) is 0 Å². The summed E-state index contributed by atoms with van der Waals surface area (Å²) < 4.78 is 1.97. The minimum Gasteiger partial charge on any atom is -0.365 e. The zero-order chi connectivity index (χ0) is 20.9. The minimum absolute atomic E-state index is 0.148. The van der Waals surface area contributed by atoms with Crippen LogP contribution in [0.4, 0.5) is 16.3 Å². The molecule has 0 spiro atoms. The van der Waals surface area contributed by atoms with E-state index in [1.807, 2.05) is 39.9 Å². The number of carbonyl (C=O) groups is 2. The molecule has 3 aromatic rings. The van der Waals surface area contributed by atoms with Gasteiger partial charge in [0.15, 0.2) is 0 Å². The molecule has 1 saturated heterocycles. The highest BCUT2D eigenvalue weighted by Crippen LogP contribution is 2.19. The Morgan fingerprint density at radius 3 is 2.63 bits per heavy atom. The minimum atomic E-state index is -0.506. The van der Waals surface area contributed by atoms with Gasteiger partial charge in [-0.3, -0.25) is 4.79 Å². The van der Waals surface area contributed by atoms with Crippen molar-refractivity contribution in [2.45, 2.75) is 6.54 Å². The smallest absolute Gasteiger partial charge is 0.321 e. The molecule has 3 N–H and O–H groups in total. The number of piperazine rings is 1. The Balaban J connectivity index is 1.36. The van der Waals surface area contributed by atoms with Crippen molar-refractivity contribution in [1.29, 1.82) is 0 Å². The Kier molecular flexibility index (Phi) is 5.60. The molecule has 0 aliphatic carbocycles. The second-order valence-corrected chi connectivity index (χ2v) is 7.08. The van der Waals surface area contributed by atoms with E-state index in [1.165, 1.54) is 0 Å². The van der Waals surface area contributed by atoms with Crippen LogP contribution in [0, 0.1) is 0 Å². The van der Waals surface area contributed by atoms with Gasteiger partial charge in [0.25, 0.3) is 5.91 Å². The fourth-order valence-electron chi connectivity index (χ4n) is 3.50. The van der Waals surface area contributed by atoms with Gasteiger partial charge in [0.2, 0.25) is 0 Å². The molecule has 154 valence electrons. The second kappa shape index (κ2) is 8.64. The standard InChI is InChI=1S/C21H23N7O2/c22-19(29)18-5-2-6-24-20(18)27-9-11-28(12-10-27)21(30)25-17-4-1-3-16(13-17)14-26-8-7-23-15-26/h1-8,13,15H,9-12,14H2,(H2,22,29)(H,25,30). The lowest BCUT2D eigenvalue weighted by Crippen LogP contribution is -2.50. The maximum Gasteiger partial charge on any atom is 0.321 e. The number of nitrogens with zero attached hydrogens (tertiary/aromatic N) is 5. The van der Waals surface area contributed by atoms with Gasteiger partial charge in [-0.1, -0.05) is 12.1 Å². The molecule has 1 aliphatic heterocycles. The topological polar surface area (TPSA) is 109 Å². The van der Waals surface area contributed by atoms with Gasteiger partial charge in [0, 0.05) is 57.0 Å². The number of carbonyl (C=O) groups excluding carboxylic acids is 2. The van der Waals surface area contributed by atoms with Gasteiger partial charge >= 0.3 is 6.03 Å². The molecule has 1 aromatic carbocycles. The number of nitrogens with one attached hydrogen (secondary N) is 1. The fraction of sp³-hybridized carbons (Fsp3) is 0.238. The van der Waals surface area contributed by atoms with E-state index in [0.29, 0.717) is 44.1 Å². The predicted octanol–water partition coefficient (Wildman–Crippen LogP) is 1.78. The van der Waals surface area contributed by atoms with E-state index in [2.05, 4.69) is 15.3 Å². The Morgan fingerprint density at radius 1 is 1.07 bits per heavy atom. The summed E-state index contributed by atoms with van der Waals surface area (Å²) in [7, 11) is 0. The number of urea groups is 1. The normalized spacial score (nSPS) is 13.9. The van der Waals surface area contributed by atoms with Crippen LogP contribution in [0.5, 0.6) is 0 Å². The highest BCUT2D eigenvalue weighted by atomic mass is 16.2. The lowest BCUT2D eigenvalue weighted by atomic mass is 10.2. The van der Waals surface area contributed by atoms with Crippen LogP contribution >= 0.6 is 0 Å². The van der Waals surface area contributed by atoms with Crippen LogP contribution in [0.15, 0.2) is 61.3 Å². The van der Waals surface area contributed by atoms with E-state index in [-0.39, 0.29) is 6.03 Å². The number of nitrogens with two attached hydrogens (primary N) is 1. The average molecular weight is 405 g/mol. The molecule has 9 heteroatoms. The van der Waals surface area contributed by atoms with Gasteiger partial charge in [0.1, 0.15) is 5.82 Å². The molecule has 0 bridgehead atoms. The summed E-state index contributed by atoms with van der Waals surface area (Å²) in [5.74, 6) is 0.0612. The first-order valence-electron chi connectivity index (χ1n) is 9.70. The molecule has 2 aromatic heterocycles. The first-order chi connectivity index (χ1) is 14.6. The number of amides is 3. The van der Waals surface area contributed by atoms with Crippen molar-refractivity contribution < 1.29 is 9.59 Å². The zero-order valence-corrected chi connectivity index (χ0v) is 16.4. The Bertz CT molecular complexity index is 1030. The van der Waals surface area contributed by atoms with Crippen molar-refractivity contribution >= 4 is 23.4 Å². The van der Waals surface area contributed by atoms with Crippen LogP contribution in [0.3, 0.4) is 0 Å². The first kappa shape index (κ1) is 19.4. The van der Waals surface area contributed by atoms with Crippen LogP contribution in [0.25, 0.3) is 0 Å². The van der Waals surface area contributed by atoms with Gasteiger partial charge in [-0.2, -0.15) is 0 Å². The molecule has 0 radical (unpaired) electrons. The number of primary amides is 1. The Morgan fingerprint density at radius 2 is 1.90 bits per heavy atom. The molecule has 3 heterocycles. The largest absolute Gasteiger partial charge is 0.365 e. The fourth-order valence-corrected chi connectivity index (χ4v) is 3.50. The molecule has 0 unspecified atom stereocenters. The SMILES string of the molecule is NC(=O)c1cccnc1N1CCN(C(=O)Nc2cccc(Cn3ccnc3)c2)CC1. The molecule has 9 nitrogen and oxygen atoms in total. The van der Waals surface area contributed by atoms with Gasteiger partial charge in [-0.05, 0) is 29.8 Å². The third-order valence-electron chi connectivity index (χ3n) is 5.02. The number of hydrogen-bond acceptors (Lipinski definition) is 5. The molecule has 1 fully saturated rings. The molecule has 3 amide bonds. The summed E-state index contributed by atoms with van der Waals surface area (Å²) in [6, 6.07) is 11.0. The molecule has 1 aliphatic rings. The summed E-state index contributed by atoms with van der Waals surface area (Å²) in [6.07, 6.45) is 7.03. The lowest BCUT2D eigenvalue weighted by molar-refractivity contribution is 0.1000. The number of imidazole rings is 1. The van der Waals surface area contributed by atoms with Gasteiger partial charge in [-0.15, -0.1) is 0 Å². The number of pyridine rings is 1. The van der Waals surface area contributed by atoms with E-state index in [4.69, 9.17) is 5.73 Å². The van der Waals surface area contributed by atoms with Crippen LogP contribution in [-0.2, 0) is 6.54 Å². The van der Waals surface area contributed by atoms with E-state index >= 15 is 0 Å². The van der Waals surface area contributed by atoms with Gasteiger partial charge in [-0.25, -0.2) is 14.8 Å². The second-order valence-electron chi connectivity index (χ2n) is 7.08. The molecule has 30 heavy (non-hydrogen) atoms. The summed E-state index contributed by atoms with van der Waals surface area (Å²) in [5, 5.41) is 2.97. The van der Waals surface area contributed by atoms with E-state index < -0.39 is 5.91 Å². The van der Waals surface area contributed by atoms with E-state index in [9.17, 15) is 9.59 Å². The Hall–Kier alpha value is -3.88. The number of aromatic nitrogens is 3. The average Bonchev–Trinajstić information content (AvgIpc) is 3.27. The number of hydrogen-bond donors (Lipinski definition) is 2. The molecule has 0 saturated carbocycles. The molecular formula is C21H23N7O2. The van der Waals surface area contributed by atoms with Crippen molar-refractivity contribution in [3.05, 3.63) is 72.4 Å². The number of rotatable bonds is 5. The maximum atomic E-state index is 12.7.